The van der Waals surface area contributed by atoms with Gasteiger partial charge in [-0.15, -0.1) is 11.8 Å². The van der Waals surface area contributed by atoms with Gasteiger partial charge < -0.3 is 30.0 Å². The minimum Gasteiger partial charge on any atom is -0.445 e. The molecule has 0 radical (unpaired) electrons. The first-order valence-corrected chi connectivity index (χ1v) is 19.7. The monoisotopic (exact) mass is 785 g/mol. The van der Waals surface area contributed by atoms with Crippen LogP contribution in [0.25, 0.3) is 11.1 Å². The molecule has 57 heavy (non-hydrogen) atoms. The Morgan fingerprint density at radius 1 is 0.807 bits per heavy atom. The number of thioether (sulfide) groups is 1. The topological polar surface area (TPSA) is 144 Å². The highest BCUT2D eigenvalue weighted by Gasteiger charge is 2.40. The summed E-state index contributed by atoms with van der Waals surface area (Å²) in [5.74, 6) is -0.269. The number of alkyl carbamates (subject to hydrolysis) is 1. The predicted molar refractivity (Wildman–Crippen MR) is 215 cm³/mol. The number of rotatable bonds is 13. The molecule has 5 aromatic rings. The summed E-state index contributed by atoms with van der Waals surface area (Å²) in [5, 5.41) is 14.9. The van der Waals surface area contributed by atoms with Gasteiger partial charge in [-0.25, -0.2) is 4.79 Å². The second-order valence-electron chi connectivity index (χ2n) is 14.0. The summed E-state index contributed by atoms with van der Waals surface area (Å²) >= 11 is 1.68. The van der Waals surface area contributed by atoms with Crippen LogP contribution >= 0.6 is 11.8 Å². The predicted octanol–water partition coefficient (Wildman–Crippen LogP) is 7.70. The first kappa shape index (κ1) is 39.4. The molecule has 2 aliphatic heterocycles. The molecule has 1 unspecified atom stereocenters. The Balaban J connectivity index is 0.996. The third-order valence-corrected chi connectivity index (χ3v) is 10.9. The van der Waals surface area contributed by atoms with E-state index in [9.17, 15) is 24.3 Å². The van der Waals surface area contributed by atoms with Crippen molar-refractivity contribution in [1.82, 2.24) is 10.2 Å². The van der Waals surface area contributed by atoms with Gasteiger partial charge in [-0.3, -0.25) is 19.3 Å². The first-order chi connectivity index (χ1) is 27.7. The third-order valence-electron chi connectivity index (χ3n) is 9.76. The Morgan fingerprint density at radius 3 is 2.25 bits per heavy atom. The molecule has 0 saturated carbocycles. The van der Waals surface area contributed by atoms with Gasteiger partial charge in [0.2, 0.25) is 11.8 Å². The first-order valence-electron chi connectivity index (χ1n) is 18.7. The fourth-order valence-electron chi connectivity index (χ4n) is 6.78. The molecule has 2 saturated heterocycles. The number of amides is 4. The zero-order chi connectivity index (χ0) is 39.7. The van der Waals surface area contributed by atoms with E-state index < -0.39 is 24.3 Å². The van der Waals surface area contributed by atoms with E-state index in [1.54, 1.807) is 11.8 Å². The molecule has 11 nitrogen and oxygen atoms in total. The van der Waals surface area contributed by atoms with E-state index in [0.29, 0.717) is 12.2 Å². The van der Waals surface area contributed by atoms with Gasteiger partial charge in [0, 0.05) is 35.2 Å². The van der Waals surface area contributed by atoms with E-state index in [4.69, 9.17) is 14.2 Å². The fourth-order valence-corrected chi connectivity index (χ4v) is 7.70. The molecule has 2 heterocycles. The zero-order valence-electron chi connectivity index (χ0n) is 31.3. The lowest BCUT2D eigenvalue weighted by Crippen LogP contribution is -2.41. The molecule has 0 aromatic heterocycles. The van der Waals surface area contributed by atoms with Crippen molar-refractivity contribution in [1.29, 1.82) is 0 Å². The van der Waals surface area contributed by atoms with Crippen LogP contribution in [0.3, 0.4) is 0 Å². The average molecular weight is 786 g/mol. The van der Waals surface area contributed by atoms with Crippen LogP contribution in [0.15, 0.2) is 132 Å². The van der Waals surface area contributed by atoms with Crippen LogP contribution in [-0.2, 0) is 48.4 Å². The summed E-state index contributed by atoms with van der Waals surface area (Å²) in [6.07, 6.45) is -1.23. The van der Waals surface area contributed by atoms with Crippen molar-refractivity contribution in [2.45, 2.75) is 69.0 Å². The van der Waals surface area contributed by atoms with Crippen molar-refractivity contribution in [3.8, 4) is 11.1 Å². The van der Waals surface area contributed by atoms with Gasteiger partial charge in [-0.05, 0) is 63.7 Å². The van der Waals surface area contributed by atoms with Crippen LogP contribution in [0.4, 0.5) is 10.5 Å². The van der Waals surface area contributed by atoms with Crippen LogP contribution in [0.2, 0.25) is 0 Å². The fraction of sp³-hybridized carbons (Fsp3) is 0.244. The maximum absolute atomic E-state index is 13.2. The van der Waals surface area contributed by atoms with E-state index in [-0.39, 0.29) is 50.2 Å². The van der Waals surface area contributed by atoms with Crippen molar-refractivity contribution < 1.29 is 38.5 Å². The van der Waals surface area contributed by atoms with Gasteiger partial charge in [-0.1, -0.05) is 97.1 Å². The van der Waals surface area contributed by atoms with Gasteiger partial charge in [0.15, 0.2) is 6.29 Å². The number of anilines is 1. The summed E-state index contributed by atoms with van der Waals surface area (Å²) in [4.78, 5) is 52.1. The molecule has 4 atom stereocenters. The normalized spacial score (nSPS) is 19.3. The molecule has 2 fully saturated rings. The quantitative estimate of drug-likeness (QED) is 0.0809. The molecule has 0 spiro atoms. The summed E-state index contributed by atoms with van der Waals surface area (Å²) in [6, 6.07) is 39.3. The molecule has 7 rings (SSSR count). The lowest BCUT2D eigenvalue weighted by Gasteiger charge is -2.36. The molecule has 3 N–H and O–H groups in total. The standard InChI is InChI=1S/C45H43N3O8S/c1-29(50)46-37-18-20-39(21-19-37)57-28-38-23-41(34-12-10-30(26-49)11-13-34)56-44(55-38)35-16-14-33(15-17-35)36-9-5-8-32(22-36)25-48-42(51)24-40(43(48)52)47-45(53)54-27-31-6-3-2-4-7-31/h2-22,38,40-41,44,49H,23-28H2,1H3,(H,46,50)(H,47,53)/t38-,40?,41+,44+/m0/s1. The molecular formula is C45H43N3O8S. The largest absolute Gasteiger partial charge is 0.445 e. The van der Waals surface area contributed by atoms with Crippen LogP contribution in [0.5, 0.6) is 0 Å². The van der Waals surface area contributed by atoms with Crippen LogP contribution in [0.1, 0.15) is 60.0 Å². The Bertz CT molecular complexity index is 2180. The molecular weight excluding hydrogens is 743 g/mol. The summed E-state index contributed by atoms with van der Waals surface area (Å²) in [5.41, 5.74) is 6.85. The molecule has 0 aliphatic carbocycles. The average Bonchev–Trinajstić information content (AvgIpc) is 3.49. The number of likely N-dealkylation sites (tertiary alicyclic amines) is 1. The number of nitrogens with one attached hydrogen (secondary N) is 2. The number of aliphatic hydroxyl groups is 1. The van der Waals surface area contributed by atoms with Gasteiger partial charge in [0.1, 0.15) is 12.6 Å². The van der Waals surface area contributed by atoms with E-state index in [1.807, 2.05) is 127 Å². The Hall–Kier alpha value is -5.79. The van der Waals surface area contributed by atoms with E-state index in [1.165, 1.54) is 11.8 Å². The molecule has 5 aromatic carbocycles. The van der Waals surface area contributed by atoms with Gasteiger partial charge in [0.25, 0.3) is 5.91 Å². The number of ether oxygens (including phenoxy) is 3. The molecule has 2 aliphatic rings. The third kappa shape index (κ3) is 10.3. The highest BCUT2D eigenvalue weighted by atomic mass is 32.2. The number of hydrogen-bond acceptors (Lipinski definition) is 9. The lowest BCUT2D eigenvalue weighted by atomic mass is 9.99. The number of imide groups is 1. The second-order valence-corrected chi connectivity index (χ2v) is 15.1. The van der Waals surface area contributed by atoms with Crippen molar-refractivity contribution in [3.63, 3.8) is 0 Å². The minimum atomic E-state index is -0.985. The van der Waals surface area contributed by atoms with Crippen LogP contribution < -0.4 is 10.6 Å². The molecule has 12 heteroatoms. The van der Waals surface area contributed by atoms with Crippen molar-refractivity contribution >= 4 is 41.3 Å². The van der Waals surface area contributed by atoms with Crippen molar-refractivity contribution in [2.75, 3.05) is 11.1 Å². The Labute approximate surface area is 335 Å². The lowest BCUT2D eigenvalue weighted by molar-refractivity contribution is -0.245. The molecule has 292 valence electrons. The number of benzene rings is 5. The van der Waals surface area contributed by atoms with Crippen LogP contribution in [-0.4, -0.2) is 51.7 Å². The van der Waals surface area contributed by atoms with Crippen LogP contribution in [0, 0.1) is 0 Å². The number of nitrogens with zero attached hydrogens (tertiary/aromatic N) is 1. The summed E-state index contributed by atoms with van der Waals surface area (Å²) < 4.78 is 18.4. The minimum absolute atomic E-state index is 0.0346. The summed E-state index contributed by atoms with van der Waals surface area (Å²) in [7, 11) is 0. The van der Waals surface area contributed by atoms with Gasteiger partial charge >= 0.3 is 6.09 Å². The number of aliphatic hydroxyl groups excluding tert-OH is 1. The van der Waals surface area contributed by atoms with Crippen molar-refractivity contribution in [2.24, 2.45) is 0 Å². The Morgan fingerprint density at radius 2 is 1.53 bits per heavy atom. The second kappa shape index (κ2) is 18.4. The van der Waals surface area contributed by atoms with E-state index in [2.05, 4.69) is 10.6 Å². The maximum atomic E-state index is 13.2. The van der Waals surface area contributed by atoms with E-state index >= 15 is 0 Å². The number of hydrogen-bond donors (Lipinski definition) is 3. The maximum Gasteiger partial charge on any atom is 0.408 e. The highest BCUT2D eigenvalue weighted by molar-refractivity contribution is 7.99. The van der Waals surface area contributed by atoms with E-state index in [0.717, 1.165) is 49.5 Å². The molecule has 0 bridgehead atoms. The van der Waals surface area contributed by atoms with Gasteiger partial charge in [0.05, 0.1) is 31.8 Å². The SMILES string of the molecule is CC(=O)Nc1ccc(SC[C@@H]2C[C@H](c3ccc(CO)cc3)O[C@H](c3ccc(-c4cccc(CN5C(=O)CC(NC(=O)OCc6ccccc6)C5=O)c4)cc3)O2)cc1. The number of carbonyl (C=O) groups excluding carboxylic acids is 4. The Kier molecular flexibility index (Phi) is 12.8. The zero-order valence-corrected chi connectivity index (χ0v) is 32.2. The summed E-state index contributed by atoms with van der Waals surface area (Å²) in [6.45, 7) is 1.58. The smallest absolute Gasteiger partial charge is 0.408 e. The molecule has 4 amide bonds. The number of carbonyl (C=O) groups is 4. The highest BCUT2D eigenvalue weighted by Crippen LogP contribution is 2.40. The van der Waals surface area contributed by atoms with Gasteiger partial charge in [-0.2, -0.15) is 0 Å². The van der Waals surface area contributed by atoms with Crippen molar-refractivity contribution in [3.05, 3.63) is 155 Å².